The topological polar surface area (TPSA) is 112 Å². The fraction of sp³-hybridized carbons (Fsp3) is 0.696. The van der Waals surface area contributed by atoms with E-state index in [-0.39, 0.29) is 13.0 Å². The molecule has 1 rings (SSSR count). The van der Waals surface area contributed by atoms with Crippen molar-refractivity contribution in [2.75, 3.05) is 13.2 Å². The first-order chi connectivity index (χ1) is 14.7. The Morgan fingerprint density at radius 1 is 1.12 bits per heavy atom. The largest absolute Gasteiger partial charge is 0.464 e. The van der Waals surface area contributed by atoms with Crippen molar-refractivity contribution >= 4 is 18.2 Å². The molecule has 0 aromatic carbocycles. The molecule has 1 saturated heterocycles. The monoisotopic (exact) mass is 455 g/mol. The van der Waals surface area contributed by atoms with E-state index in [1.54, 1.807) is 27.7 Å². The summed E-state index contributed by atoms with van der Waals surface area (Å²) in [5, 5.41) is 9.65. The van der Waals surface area contributed by atoms with Gasteiger partial charge < -0.3 is 24.1 Å². The average molecular weight is 456 g/mol. The molecule has 1 fully saturated rings. The lowest BCUT2D eigenvalue weighted by Gasteiger charge is -2.32. The van der Waals surface area contributed by atoms with E-state index in [2.05, 4.69) is 13.2 Å². The lowest BCUT2D eigenvalue weighted by molar-refractivity contribution is -0.168. The third kappa shape index (κ3) is 9.00. The summed E-state index contributed by atoms with van der Waals surface area (Å²) in [7, 11) is 0. The molecule has 2 amide bonds. The molecule has 32 heavy (non-hydrogen) atoms. The molecule has 1 aliphatic rings. The quantitative estimate of drug-likeness (QED) is 0.446. The van der Waals surface area contributed by atoms with Crippen molar-refractivity contribution in [3.8, 4) is 0 Å². The SMILES string of the molecule is C=C(C)CO[C@H]1[C@H](C)OC(=O)[C@@H](N(C(=O)O)C(=O)OC(C)(C)C)CCC[C@@H]1OCC(=C)C. The zero-order chi connectivity index (χ0) is 24.6. The number of amides is 2. The molecule has 0 saturated carbocycles. The van der Waals surface area contributed by atoms with Gasteiger partial charge in [0, 0.05) is 0 Å². The Morgan fingerprint density at radius 2 is 1.69 bits per heavy atom. The van der Waals surface area contributed by atoms with E-state index < -0.39 is 48.1 Å². The number of carbonyl (C=O) groups is 3. The maximum absolute atomic E-state index is 12.9. The number of cyclic esters (lactones) is 1. The van der Waals surface area contributed by atoms with Gasteiger partial charge in [0.1, 0.15) is 23.9 Å². The minimum atomic E-state index is -1.58. The first kappa shape index (κ1) is 27.6. The van der Waals surface area contributed by atoms with E-state index >= 15 is 0 Å². The van der Waals surface area contributed by atoms with Crippen LogP contribution < -0.4 is 0 Å². The maximum atomic E-state index is 12.9. The van der Waals surface area contributed by atoms with Crippen LogP contribution in [0.1, 0.15) is 60.8 Å². The molecule has 9 nitrogen and oxygen atoms in total. The van der Waals surface area contributed by atoms with Crippen molar-refractivity contribution in [3.05, 3.63) is 24.3 Å². The molecule has 0 unspecified atom stereocenters. The second-order valence-corrected chi connectivity index (χ2v) is 9.26. The number of carbonyl (C=O) groups excluding carboxylic acids is 2. The Hall–Kier alpha value is -2.39. The third-order valence-electron chi connectivity index (χ3n) is 4.54. The van der Waals surface area contributed by atoms with Gasteiger partial charge in [0.15, 0.2) is 0 Å². The summed E-state index contributed by atoms with van der Waals surface area (Å²) in [6.45, 7) is 18.4. The average Bonchev–Trinajstić information content (AvgIpc) is 2.66. The second-order valence-electron chi connectivity index (χ2n) is 9.26. The highest BCUT2D eigenvalue weighted by Gasteiger charge is 2.42. The molecule has 4 atom stereocenters. The molecule has 0 spiro atoms. The van der Waals surface area contributed by atoms with Crippen LogP contribution in [0.15, 0.2) is 24.3 Å². The van der Waals surface area contributed by atoms with Crippen LogP contribution in [0.25, 0.3) is 0 Å². The number of hydrogen-bond donors (Lipinski definition) is 1. The van der Waals surface area contributed by atoms with Crippen LogP contribution >= 0.6 is 0 Å². The summed E-state index contributed by atoms with van der Waals surface area (Å²) < 4.78 is 22.7. The highest BCUT2D eigenvalue weighted by atomic mass is 16.6. The molecular weight excluding hydrogens is 418 g/mol. The summed E-state index contributed by atoms with van der Waals surface area (Å²) in [5.74, 6) is -0.838. The van der Waals surface area contributed by atoms with Gasteiger partial charge in [-0.2, -0.15) is 4.90 Å². The summed E-state index contributed by atoms with van der Waals surface area (Å²) in [4.78, 5) is 37.8. The Morgan fingerprint density at radius 3 is 2.19 bits per heavy atom. The number of ether oxygens (including phenoxy) is 4. The van der Waals surface area contributed by atoms with Crippen LogP contribution in [0, 0.1) is 0 Å². The molecule has 9 heteroatoms. The molecular formula is C23H37NO8. The molecule has 0 aromatic rings. The zero-order valence-electron chi connectivity index (χ0n) is 20.0. The van der Waals surface area contributed by atoms with Gasteiger partial charge in [-0.05, 0) is 60.8 Å². The highest BCUT2D eigenvalue weighted by molar-refractivity contribution is 5.93. The summed E-state index contributed by atoms with van der Waals surface area (Å²) in [6, 6.07) is -1.34. The van der Waals surface area contributed by atoms with Crippen LogP contribution in [-0.4, -0.2) is 71.3 Å². The van der Waals surface area contributed by atoms with E-state index in [4.69, 9.17) is 18.9 Å². The molecule has 182 valence electrons. The Balaban J connectivity index is 3.17. The molecule has 0 bridgehead atoms. The van der Waals surface area contributed by atoms with Gasteiger partial charge in [0.25, 0.3) is 0 Å². The number of carboxylic acid groups (broad SMARTS) is 1. The van der Waals surface area contributed by atoms with Crippen molar-refractivity contribution < 1.29 is 38.4 Å². The van der Waals surface area contributed by atoms with E-state index in [9.17, 15) is 19.5 Å². The number of rotatable bonds is 7. The van der Waals surface area contributed by atoms with E-state index in [0.717, 1.165) is 11.1 Å². The van der Waals surface area contributed by atoms with Crippen LogP contribution in [0.4, 0.5) is 9.59 Å². The van der Waals surface area contributed by atoms with Gasteiger partial charge in [-0.25, -0.2) is 14.4 Å². The van der Waals surface area contributed by atoms with Crippen LogP contribution in [0.5, 0.6) is 0 Å². The maximum Gasteiger partial charge on any atom is 0.420 e. The lowest BCUT2D eigenvalue weighted by atomic mass is 10.0. The summed E-state index contributed by atoms with van der Waals surface area (Å²) >= 11 is 0. The normalized spacial score (nSPS) is 24.4. The first-order valence-corrected chi connectivity index (χ1v) is 10.7. The van der Waals surface area contributed by atoms with Crippen molar-refractivity contribution in [2.45, 2.75) is 90.8 Å². The van der Waals surface area contributed by atoms with Gasteiger partial charge in [-0.1, -0.05) is 24.3 Å². The summed E-state index contributed by atoms with van der Waals surface area (Å²) in [6.07, 6.45) is -3.56. The van der Waals surface area contributed by atoms with E-state index in [1.807, 2.05) is 13.8 Å². The Kier molecular flexibility index (Phi) is 10.4. The van der Waals surface area contributed by atoms with Crippen LogP contribution in [0.2, 0.25) is 0 Å². The third-order valence-corrected chi connectivity index (χ3v) is 4.54. The lowest BCUT2D eigenvalue weighted by Crippen LogP contribution is -2.51. The van der Waals surface area contributed by atoms with Gasteiger partial charge in [0.05, 0.1) is 19.3 Å². The molecule has 1 N–H and O–H groups in total. The fourth-order valence-corrected chi connectivity index (χ4v) is 3.22. The zero-order valence-corrected chi connectivity index (χ0v) is 20.0. The Bertz CT molecular complexity index is 711. The van der Waals surface area contributed by atoms with E-state index in [1.165, 1.54) is 0 Å². The number of imide groups is 1. The van der Waals surface area contributed by atoms with Crippen molar-refractivity contribution in [2.24, 2.45) is 0 Å². The van der Waals surface area contributed by atoms with Crippen molar-refractivity contribution in [1.29, 1.82) is 0 Å². The number of hydrogen-bond acceptors (Lipinski definition) is 7. The minimum absolute atomic E-state index is 0.0667. The molecule has 0 aliphatic carbocycles. The van der Waals surface area contributed by atoms with Gasteiger partial charge in [0.2, 0.25) is 0 Å². The standard InChI is InChI=1S/C23H37NO8/c1-14(2)12-29-18-11-9-10-17(24(21(26)27)22(28)32-23(6,7)8)20(25)31-16(5)19(18)30-13-15(3)4/h16-19H,1,3,9-13H2,2,4-8H3,(H,26,27)/t16-,17-,18-,19-/m0/s1. The minimum Gasteiger partial charge on any atom is -0.464 e. The van der Waals surface area contributed by atoms with Gasteiger partial charge >= 0.3 is 18.2 Å². The Labute approximate surface area is 190 Å². The summed E-state index contributed by atoms with van der Waals surface area (Å²) in [5.41, 5.74) is 0.693. The predicted molar refractivity (Wildman–Crippen MR) is 118 cm³/mol. The van der Waals surface area contributed by atoms with Crippen LogP contribution in [0.3, 0.4) is 0 Å². The van der Waals surface area contributed by atoms with Crippen LogP contribution in [-0.2, 0) is 23.7 Å². The predicted octanol–water partition coefficient (Wildman–Crippen LogP) is 4.31. The van der Waals surface area contributed by atoms with Crippen molar-refractivity contribution in [1.82, 2.24) is 4.90 Å². The second kappa shape index (κ2) is 12.0. The fourth-order valence-electron chi connectivity index (χ4n) is 3.22. The van der Waals surface area contributed by atoms with E-state index in [0.29, 0.717) is 24.3 Å². The smallest absolute Gasteiger partial charge is 0.420 e. The molecule has 0 radical (unpaired) electrons. The number of nitrogens with zero attached hydrogens (tertiary/aromatic N) is 1. The molecule has 0 aromatic heterocycles. The first-order valence-electron chi connectivity index (χ1n) is 10.7. The molecule has 1 heterocycles. The number of esters is 1. The van der Waals surface area contributed by atoms with Gasteiger partial charge in [-0.3, -0.25) is 0 Å². The van der Waals surface area contributed by atoms with Gasteiger partial charge in [-0.15, -0.1) is 0 Å². The highest BCUT2D eigenvalue weighted by Crippen LogP contribution is 2.25. The molecule has 1 aliphatic heterocycles. The van der Waals surface area contributed by atoms with Crippen molar-refractivity contribution in [3.63, 3.8) is 0 Å².